The van der Waals surface area contributed by atoms with Crippen molar-refractivity contribution in [2.75, 3.05) is 18.8 Å². The highest BCUT2D eigenvalue weighted by molar-refractivity contribution is 7.99. The first-order valence-corrected chi connectivity index (χ1v) is 10.1. The van der Waals surface area contributed by atoms with Gasteiger partial charge >= 0.3 is 0 Å². The van der Waals surface area contributed by atoms with Crippen LogP contribution in [0.15, 0.2) is 35.5 Å². The first-order valence-electron chi connectivity index (χ1n) is 9.13. The third-order valence-corrected chi connectivity index (χ3v) is 5.74. The Hall–Kier alpha value is -1.86. The summed E-state index contributed by atoms with van der Waals surface area (Å²) in [6, 6.07) is 10.3. The van der Waals surface area contributed by atoms with Crippen LogP contribution in [0.3, 0.4) is 0 Å². The minimum absolute atomic E-state index is 0.120. The van der Waals surface area contributed by atoms with Crippen LogP contribution in [0.1, 0.15) is 30.7 Å². The van der Waals surface area contributed by atoms with Crippen molar-refractivity contribution in [3.8, 4) is 0 Å². The number of amides is 1. The number of aromatic amines is 1. The Morgan fingerprint density at radius 3 is 2.73 bits per heavy atom. The van der Waals surface area contributed by atoms with Gasteiger partial charge in [0.15, 0.2) is 0 Å². The molecule has 1 atom stereocenters. The number of carbonyl (C=O) groups is 1. The summed E-state index contributed by atoms with van der Waals surface area (Å²) >= 11 is 1.36. The molecule has 1 saturated heterocycles. The average molecular weight is 375 g/mol. The molecule has 1 aromatic heterocycles. The summed E-state index contributed by atoms with van der Waals surface area (Å²) in [5, 5.41) is 17.9. The third kappa shape index (κ3) is 5.32. The van der Waals surface area contributed by atoms with E-state index in [1.54, 1.807) is 0 Å². The van der Waals surface area contributed by atoms with Gasteiger partial charge in [-0.25, -0.2) is 4.98 Å². The largest absolute Gasteiger partial charge is 0.393 e. The number of aliphatic hydroxyl groups is 1. The number of hydrogen-bond acceptors (Lipinski definition) is 5. The molecule has 6 nitrogen and oxygen atoms in total. The van der Waals surface area contributed by atoms with E-state index in [1.807, 2.05) is 30.0 Å². The first-order chi connectivity index (χ1) is 12.6. The lowest BCUT2D eigenvalue weighted by atomic mass is 9.88. The van der Waals surface area contributed by atoms with Gasteiger partial charge < -0.3 is 10.0 Å². The van der Waals surface area contributed by atoms with Gasteiger partial charge in [-0.3, -0.25) is 9.89 Å². The van der Waals surface area contributed by atoms with E-state index in [4.69, 9.17) is 0 Å². The van der Waals surface area contributed by atoms with Gasteiger partial charge in [0.2, 0.25) is 11.1 Å². The molecule has 0 saturated carbocycles. The van der Waals surface area contributed by atoms with Crippen LogP contribution >= 0.6 is 11.8 Å². The van der Waals surface area contributed by atoms with Crippen molar-refractivity contribution < 1.29 is 9.90 Å². The summed E-state index contributed by atoms with van der Waals surface area (Å²) in [6.45, 7) is 3.28. The normalized spacial score (nSPS) is 16.6. The van der Waals surface area contributed by atoms with Crippen molar-refractivity contribution in [2.45, 2.75) is 43.9 Å². The van der Waals surface area contributed by atoms with Crippen molar-refractivity contribution >= 4 is 17.7 Å². The number of H-pyrrole nitrogens is 1. The van der Waals surface area contributed by atoms with Crippen LogP contribution in [0, 0.1) is 12.8 Å². The number of nitrogens with zero attached hydrogens (tertiary/aromatic N) is 3. The lowest BCUT2D eigenvalue weighted by Crippen LogP contribution is -2.42. The number of likely N-dealkylation sites (tertiary alicyclic amines) is 1. The molecule has 3 rings (SSSR count). The smallest absolute Gasteiger partial charge is 0.233 e. The zero-order valence-electron chi connectivity index (χ0n) is 15.1. The SMILES string of the molecule is Cc1nc(SCC(=O)N2CCC(C(O)CCc3ccccc3)CC2)n[nH]1. The van der Waals surface area contributed by atoms with Crippen LogP contribution in [0.4, 0.5) is 0 Å². The molecular weight excluding hydrogens is 348 g/mol. The molecule has 1 fully saturated rings. The quantitative estimate of drug-likeness (QED) is 0.728. The van der Waals surface area contributed by atoms with Crippen LogP contribution in [0.25, 0.3) is 0 Å². The molecule has 0 bridgehead atoms. The Balaban J connectivity index is 1.38. The number of thioether (sulfide) groups is 1. The lowest BCUT2D eigenvalue weighted by Gasteiger charge is -2.34. The monoisotopic (exact) mass is 374 g/mol. The second-order valence-corrected chi connectivity index (χ2v) is 7.74. The van der Waals surface area contributed by atoms with E-state index in [0.717, 1.165) is 44.6 Å². The zero-order chi connectivity index (χ0) is 18.4. The predicted octanol–water partition coefficient (Wildman–Crippen LogP) is 2.44. The van der Waals surface area contributed by atoms with Crippen molar-refractivity contribution in [1.82, 2.24) is 20.1 Å². The Kier molecular flexibility index (Phi) is 6.68. The maximum absolute atomic E-state index is 12.3. The number of aliphatic hydroxyl groups excluding tert-OH is 1. The second kappa shape index (κ2) is 9.19. The van der Waals surface area contributed by atoms with Crippen molar-refractivity contribution in [1.29, 1.82) is 0 Å². The fourth-order valence-electron chi connectivity index (χ4n) is 3.33. The summed E-state index contributed by atoms with van der Waals surface area (Å²) < 4.78 is 0. The predicted molar refractivity (Wildman–Crippen MR) is 102 cm³/mol. The summed E-state index contributed by atoms with van der Waals surface area (Å²) in [6.07, 6.45) is 3.12. The number of nitrogens with one attached hydrogen (secondary N) is 1. The van der Waals surface area contributed by atoms with E-state index in [9.17, 15) is 9.90 Å². The Morgan fingerprint density at radius 1 is 1.35 bits per heavy atom. The number of aromatic nitrogens is 3. The highest BCUT2D eigenvalue weighted by atomic mass is 32.2. The number of rotatable bonds is 7. The zero-order valence-corrected chi connectivity index (χ0v) is 15.9. The Labute approximate surface area is 158 Å². The van der Waals surface area contributed by atoms with Gasteiger partial charge in [-0.05, 0) is 44.1 Å². The number of carbonyl (C=O) groups excluding carboxylic acids is 1. The molecule has 0 radical (unpaired) electrons. The molecule has 2 N–H and O–H groups in total. The molecular formula is C19H26N4O2S. The topological polar surface area (TPSA) is 82.1 Å². The highest BCUT2D eigenvalue weighted by Gasteiger charge is 2.27. The van der Waals surface area contributed by atoms with Crippen molar-refractivity contribution in [3.05, 3.63) is 41.7 Å². The van der Waals surface area contributed by atoms with Crippen molar-refractivity contribution in [3.63, 3.8) is 0 Å². The average Bonchev–Trinajstić information content (AvgIpc) is 3.10. The molecule has 1 aromatic carbocycles. The van der Waals surface area contributed by atoms with E-state index in [1.165, 1.54) is 17.3 Å². The van der Waals surface area contributed by atoms with Crippen LogP contribution in [0.2, 0.25) is 0 Å². The minimum atomic E-state index is -0.293. The molecule has 2 heterocycles. The molecule has 1 amide bonds. The summed E-state index contributed by atoms with van der Waals surface area (Å²) in [4.78, 5) is 18.4. The van der Waals surface area contributed by atoms with Crippen molar-refractivity contribution in [2.24, 2.45) is 5.92 Å². The maximum atomic E-state index is 12.3. The summed E-state index contributed by atoms with van der Waals surface area (Å²) in [5.41, 5.74) is 1.26. The molecule has 7 heteroatoms. The Bertz CT molecular complexity index is 699. The van der Waals surface area contributed by atoms with Gasteiger partial charge in [-0.15, -0.1) is 5.10 Å². The molecule has 1 unspecified atom stereocenters. The van der Waals surface area contributed by atoms with E-state index in [0.29, 0.717) is 10.9 Å². The molecule has 26 heavy (non-hydrogen) atoms. The van der Waals surface area contributed by atoms with Crippen LogP contribution in [-0.4, -0.2) is 56.0 Å². The fourth-order valence-corrected chi connectivity index (χ4v) is 4.08. The van der Waals surface area contributed by atoms with E-state index in [2.05, 4.69) is 27.3 Å². The maximum Gasteiger partial charge on any atom is 0.233 e. The van der Waals surface area contributed by atoms with Gasteiger partial charge in [0.05, 0.1) is 11.9 Å². The second-order valence-electron chi connectivity index (χ2n) is 6.80. The van der Waals surface area contributed by atoms with Gasteiger partial charge in [0.1, 0.15) is 5.82 Å². The highest BCUT2D eigenvalue weighted by Crippen LogP contribution is 2.24. The number of aryl methyl sites for hydroxylation is 2. The first kappa shape index (κ1) is 18.9. The number of piperidine rings is 1. The molecule has 1 aliphatic heterocycles. The van der Waals surface area contributed by atoms with Gasteiger partial charge in [0.25, 0.3) is 0 Å². The van der Waals surface area contributed by atoms with Gasteiger partial charge in [-0.1, -0.05) is 42.1 Å². The van der Waals surface area contributed by atoms with Crippen LogP contribution in [-0.2, 0) is 11.2 Å². The van der Waals surface area contributed by atoms with E-state index < -0.39 is 0 Å². The molecule has 2 aromatic rings. The number of hydrogen-bond donors (Lipinski definition) is 2. The Morgan fingerprint density at radius 2 is 2.08 bits per heavy atom. The van der Waals surface area contributed by atoms with Crippen LogP contribution < -0.4 is 0 Å². The standard InChI is InChI=1S/C19H26N4O2S/c1-14-20-19(22-21-14)26-13-18(25)23-11-9-16(10-12-23)17(24)8-7-15-5-3-2-4-6-15/h2-6,16-17,24H,7-13H2,1H3,(H,20,21,22). The summed E-state index contributed by atoms with van der Waals surface area (Å²) in [5.74, 6) is 1.52. The lowest BCUT2D eigenvalue weighted by molar-refractivity contribution is -0.130. The summed E-state index contributed by atoms with van der Waals surface area (Å²) in [7, 11) is 0. The minimum Gasteiger partial charge on any atom is -0.393 e. The van der Waals surface area contributed by atoms with Gasteiger partial charge in [-0.2, -0.15) is 0 Å². The molecule has 0 aliphatic carbocycles. The van der Waals surface area contributed by atoms with E-state index in [-0.39, 0.29) is 17.9 Å². The van der Waals surface area contributed by atoms with Crippen LogP contribution in [0.5, 0.6) is 0 Å². The third-order valence-electron chi connectivity index (χ3n) is 4.91. The molecule has 140 valence electrons. The van der Waals surface area contributed by atoms with Gasteiger partial charge in [0, 0.05) is 13.1 Å². The fraction of sp³-hybridized carbons (Fsp3) is 0.526. The van der Waals surface area contributed by atoms with E-state index >= 15 is 0 Å². The molecule has 0 spiro atoms. The molecule has 1 aliphatic rings. The number of benzene rings is 1.